The second-order valence-corrected chi connectivity index (χ2v) is 9.08. The summed E-state index contributed by atoms with van der Waals surface area (Å²) in [6.45, 7) is 0.507. The normalized spacial score (nSPS) is 11.3. The molecule has 2 rings (SSSR count). The summed E-state index contributed by atoms with van der Waals surface area (Å²) in [6, 6.07) is 0. The van der Waals surface area contributed by atoms with Crippen LogP contribution in [-0.2, 0) is 11.5 Å². The van der Waals surface area contributed by atoms with E-state index in [1.54, 1.807) is 6.33 Å². The molecule has 0 aliphatic carbocycles. The molecule has 8 heteroatoms. The Labute approximate surface area is 116 Å². The summed E-state index contributed by atoms with van der Waals surface area (Å²) in [5.41, 5.74) is 7.25. The van der Waals surface area contributed by atoms with Crippen LogP contribution in [0.2, 0.25) is 0 Å². The summed E-state index contributed by atoms with van der Waals surface area (Å²) in [6.07, 6.45) is 3.26. The van der Waals surface area contributed by atoms with Crippen molar-refractivity contribution in [3.8, 4) is 0 Å². The molecule has 0 saturated heterocycles. The zero-order valence-electron chi connectivity index (χ0n) is 8.36. The van der Waals surface area contributed by atoms with Gasteiger partial charge in [-0.05, 0) is 0 Å². The molecule has 0 fully saturated rings. The number of nitrogens with zero attached hydrogens (tertiary/aromatic N) is 3. The van der Waals surface area contributed by atoms with Crippen molar-refractivity contribution in [2.24, 2.45) is 0 Å². The third kappa shape index (κ3) is 2.71. The molecule has 0 saturated carbocycles. The fourth-order valence-corrected chi connectivity index (χ4v) is 3.06. The Hall–Kier alpha value is -0.230. The van der Waals surface area contributed by atoms with Crippen LogP contribution >= 0.6 is 22.6 Å². The molecule has 0 aliphatic rings. The third-order valence-electron chi connectivity index (χ3n) is 1.95. The summed E-state index contributed by atoms with van der Waals surface area (Å²) < 4.78 is 9.52. The second-order valence-electron chi connectivity index (χ2n) is 2.93. The van der Waals surface area contributed by atoms with Gasteiger partial charge in [-0.2, -0.15) is 0 Å². The molecule has 0 atom stereocenters. The third-order valence-corrected chi connectivity index (χ3v) is 5.97. The van der Waals surface area contributed by atoms with Gasteiger partial charge in [0.05, 0.1) is 0 Å². The number of aromatic nitrogens is 4. The van der Waals surface area contributed by atoms with Gasteiger partial charge < -0.3 is 0 Å². The van der Waals surface area contributed by atoms with Crippen LogP contribution in [0.1, 0.15) is 0 Å². The summed E-state index contributed by atoms with van der Waals surface area (Å²) in [7, 11) is 0. The molecule has 6 nitrogen and oxygen atoms in total. The molecule has 0 bridgehead atoms. The van der Waals surface area contributed by atoms with Crippen molar-refractivity contribution in [2.75, 3.05) is 12.8 Å². The van der Waals surface area contributed by atoms with Gasteiger partial charge in [0, 0.05) is 0 Å². The van der Waals surface area contributed by atoms with E-state index < -0.39 is 0 Å². The molecule has 0 aromatic carbocycles. The molecule has 0 radical (unpaired) electrons. The van der Waals surface area contributed by atoms with Crippen LogP contribution < -0.4 is 31.5 Å². The number of hydrogen-bond donors (Lipinski definition) is 2. The topological polar surface area (TPSA) is 80.7 Å². The van der Waals surface area contributed by atoms with Gasteiger partial charge in [0.25, 0.3) is 0 Å². The summed E-state index contributed by atoms with van der Waals surface area (Å²) >= 11 is 2.56. The van der Waals surface area contributed by atoms with E-state index in [1.165, 1.54) is 8.76 Å². The van der Waals surface area contributed by atoms with E-state index in [0.29, 0.717) is 12.5 Å². The molecule has 0 amide bonds. The molecule has 0 aliphatic heterocycles. The van der Waals surface area contributed by atoms with Crippen molar-refractivity contribution >= 4 is 39.6 Å². The summed E-state index contributed by atoms with van der Waals surface area (Å²) in [5, 5.41) is 0. The SMILES string of the molecule is Nc1ncnc2c1[nH]c[n+]2COC[I-]CI. The number of nitrogens with two attached hydrogens (primary N) is 1. The maximum atomic E-state index is 5.71. The van der Waals surface area contributed by atoms with Gasteiger partial charge in [-0.1, -0.05) is 0 Å². The van der Waals surface area contributed by atoms with Gasteiger partial charge in [0.1, 0.15) is 0 Å². The average Bonchev–Trinajstić information content (AvgIpc) is 2.70. The van der Waals surface area contributed by atoms with Gasteiger partial charge in [-0.3, -0.25) is 0 Å². The van der Waals surface area contributed by atoms with E-state index in [1.807, 2.05) is 4.57 Å². The maximum absolute atomic E-state index is 5.71. The van der Waals surface area contributed by atoms with E-state index in [0.717, 1.165) is 15.8 Å². The van der Waals surface area contributed by atoms with E-state index >= 15 is 0 Å². The predicted octanol–water partition coefficient (Wildman–Crippen LogP) is -2.76. The summed E-state index contributed by atoms with van der Waals surface area (Å²) in [5.74, 6) is 0.462. The Balaban J connectivity index is 2.10. The van der Waals surface area contributed by atoms with Gasteiger partial charge in [0.15, 0.2) is 0 Å². The van der Waals surface area contributed by atoms with Crippen molar-refractivity contribution in [1.29, 1.82) is 0 Å². The number of anilines is 1. The van der Waals surface area contributed by atoms with Gasteiger partial charge in [-0.15, -0.1) is 0 Å². The first-order valence-corrected chi connectivity index (χ1v) is 9.04. The van der Waals surface area contributed by atoms with E-state index in [4.69, 9.17) is 10.5 Å². The van der Waals surface area contributed by atoms with Crippen LogP contribution in [0.25, 0.3) is 11.2 Å². The van der Waals surface area contributed by atoms with Crippen LogP contribution in [0.15, 0.2) is 12.7 Å². The van der Waals surface area contributed by atoms with E-state index in [-0.39, 0.29) is 21.2 Å². The molecule has 2 aromatic heterocycles. The number of hydrogen-bond acceptors (Lipinski definition) is 4. The minimum atomic E-state index is 0.177. The first-order valence-electron chi connectivity index (χ1n) is 4.47. The second kappa shape index (κ2) is 5.91. The van der Waals surface area contributed by atoms with Crippen molar-refractivity contribution in [2.45, 2.75) is 6.73 Å². The number of nitrogens with one attached hydrogen (secondary N) is 1. The molecule has 0 unspecified atom stereocenters. The number of H-pyrrole nitrogens is 1. The molecule has 88 valence electrons. The first-order chi connectivity index (χ1) is 7.83. The van der Waals surface area contributed by atoms with Crippen molar-refractivity contribution in [3.05, 3.63) is 12.7 Å². The van der Waals surface area contributed by atoms with Crippen LogP contribution in [-0.4, -0.2) is 22.0 Å². The van der Waals surface area contributed by atoms with Crippen LogP contribution in [0.5, 0.6) is 0 Å². The molecular weight excluding hydrogens is 436 g/mol. The fourth-order valence-electron chi connectivity index (χ4n) is 1.26. The van der Waals surface area contributed by atoms with Gasteiger partial charge >= 0.3 is 117 Å². The van der Waals surface area contributed by atoms with E-state index in [2.05, 4.69) is 37.5 Å². The first kappa shape index (κ1) is 12.2. The van der Waals surface area contributed by atoms with Crippen LogP contribution in [0.4, 0.5) is 5.82 Å². The molecule has 3 N–H and O–H groups in total. The number of fused-ring (bicyclic) bond motifs is 1. The van der Waals surface area contributed by atoms with E-state index in [9.17, 15) is 0 Å². The van der Waals surface area contributed by atoms with Gasteiger partial charge in [-0.25, -0.2) is 0 Å². The van der Waals surface area contributed by atoms with Crippen LogP contribution in [0.3, 0.4) is 0 Å². The van der Waals surface area contributed by atoms with Crippen molar-refractivity contribution in [3.63, 3.8) is 0 Å². The number of alkyl halides is 3. The Morgan fingerprint density at radius 2 is 2.44 bits per heavy atom. The quantitative estimate of drug-likeness (QED) is 0.226. The average molecular weight is 447 g/mol. The number of halogens is 2. The molecule has 0 spiro atoms. The molecular formula is C8H11I2N5O. The Kier molecular flexibility index (Phi) is 4.52. The number of imidazole rings is 1. The molecule has 16 heavy (non-hydrogen) atoms. The number of nitrogen functional groups attached to an aromatic ring is 1. The number of rotatable bonds is 5. The number of aromatic amines is 1. The minimum absolute atomic E-state index is 0.177. The Morgan fingerprint density at radius 3 is 3.25 bits per heavy atom. The Morgan fingerprint density at radius 1 is 1.56 bits per heavy atom. The van der Waals surface area contributed by atoms with Crippen molar-refractivity contribution in [1.82, 2.24) is 15.0 Å². The van der Waals surface area contributed by atoms with Crippen molar-refractivity contribution < 1.29 is 30.5 Å². The fraction of sp³-hybridized carbons (Fsp3) is 0.375. The number of ether oxygens (including phenoxy) is 1. The zero-order valence-corrected chi connectivity index (χ0v) is 12.7. The monoisotopic (exact) mass is 447 g/mol. The zero-order chi connectivity index (χ0) is 11.4. The van der Waals surface area contributed by atoms with Crippen LogP contribution in [0, 0.1) is 0 Å². The van der Waals surface area contributed by atoms with Gasteiger partial charge in [0.2, 0.25) is 0 Å². The molecule has 2 heterocycles. The molecule has 2 aromatic rings. The summed E-state index contributed by atoms with van der Waals surface area (Å²) in [4.78, 5) is 11.1. The standard InChI is InChI=1S/C8H10I2N5O/c9-1-10-2-16-5-15-4-14-6-7(11)12-3-13-8(6)15/h3-4H,1-2,5H2,(H2,11,12,13)/q-1/p+1. The Bertz CT molecular complexity index is 474. The predicted molar refractivity (Wildman–Crippen MR) is 63.3 cm³/mol.